The van der Waals surface area contributed by atoms with Crippen molar-refractivity contribution in [2.45, 2.75) is 59.0 Å². The van der Waals surface area contributed by atoms with E-state index in [2.05, 4.69) is 65.8 Å². The van der Waals surface area contributed by atoms with Gasteiger partial charge in [-0.05, 0) is 21.8 Å². The van der Waals surface area contributed by atoms with Gasteiger partial charge in [-0.1, -0.05) is 47.5 Å². The fourth-order valence-corrected chi connectivity index (χ4v) is 2.44. The molecule has 0 aromatic carbocycles. The van der Waals surface area contributed by atoms with Crippen LogP contribution in [0.2, 0.25) is 0 Å². The van der Waals surface area contributed by atoms with Crippen LogP contribution in [0.1, 0.15) is 53.3 Å². The second-order valence-electron chi connectivity index (χ2n) is 6.17. The Morgan fingerprint density at radius 1 is 1.25 bits per heavy atom. The van der Waals surface area contributed by atoms with Gasteiger partial charge in [0.15, 0.2) is 0 Å². The summed E-state index contributed by atoms with van der Waals surface area (Å²) in [5.74, 6) is 1.86. The van der Waals surface area contributed by atoms with Crippen molar-refractivity contribution >= 4 is 21.7 Å². The molecule has 0 fully saturated rings. The van der Waals surface area contributed by atoms with Gasteiger partial charge < -0.3 is 10.4 Å². The molecule has 1 aromatic heterocycles. The summed E-state index contributed by atoms with van der Waals surface area (Å²) in [6.45, 7) is 11.0. The quantitative estimate of drug-likeness (QED) is 0.772. The number of rotatable bonds is 6. The number of nitrogens with one attached hydrogen (secondary N) is 1. The molecule has 2 N–H and O–H groups in total. The largest absolute Gasteiger partial charge is 0.391 e. The minimum absolute atomic E-state index is 0.103. The van der Waals surface area contributed by atoms with Crippen molar-refractivity contribution in [1.82, 2.24) is 9.97 Å². The Labute approximate surface area is 130 Å². The van der Waals surface area contributed by atoms with Crippen molar-refractivity contribution in [3.05, 3.63) is 16.5 Å². The lowest BCUT2D eigenvalue weighted by Crippen LogP contribution is -2.28. The molecule has 5 heteroatoms. The zero-order valence-electron chi connectivity index (χ0n) is 13.1. The molecule has 1 rings (SSSR count). The predicted octanol–water partition coefficient (Wildman–Crippen LogP) is 3.75. The van der Waals surface area contributed by atoms with Gasteiger partial charge >= 0.3 is 0 Å². The van der Waals surface area contributed by atoms with Crippen LogP contribution in [-0.2, 0) is 5.41 Å². The molecule has 0 aliphatic heterocycles. The number of aliphatic hydroxyl groups is 1. The van der Waals surface area contributed by atoms with Crippen molar-refractivity contribution in [3.8, 4) is 0 Å². The molecule has 114 valence electrons. The number of nitrogens with zero attached hydrogens (tertiary/aromatic N) is 2. The van der Waals surface area contributed by atoms with Gasteiger partial charge in [-0.15, -0.1) is 0 Å². The molecule has 0 aliphatic rings. The normalized spacial score (nSPS) is 13.6. The number of anilines is 1. The third kappa shape index (κ3) is 5.02. The van der Waals surface area contributed by atoms with E-state index in [1.165, 1.54) is 0 Å². The molecule has 0 saturated heterocycles. The summed E-state index contributed by atoms with van der Waals surface area (Å²) in [4.78, 5) is 8.93. The Bertz CT molecular complexity index is 428. The van der Waals surface area contributed by atoms with E-state index in [-0.39, 0.29) is 11.5 Å². The second kappa shape index (κ2) is 7.36. The van der Waals surface area contributed by atoms with Gasteiger partial charge in [0.2, 0.25) is 0 Å². The predicted molar refractivity (Wildman–Crippen MR) is 87.0 cm³/mol. The summed E-state index contributed by atoms with van der Waals surface area (Å²) < 4.78 is 0.761. The average Bonchev–Trinajstić information content (AvgIpc) is 2.36. The van der Waals surface area contributed by atoms with E-state index in [4.69, 9.17) is 0 Å². The molecular formula is C15H26BrN3O. The lowest BCUT2D eigenvalue weighted by atomic mass is 9.96. The van der Waals surface area contributed by atoms with Crippen molar-refractivity contribution in [2.75, 3.05) is 11.9 Å². The maximum atomic E-state index is 10.2. The standard InChI is InChI=1S/C15H26BrN3O/c1-6-10(7-2)11(20)9-17-13-8-12(16)18-14(19-13)15(3,4)5/h8,10-11,20H,6-7,9H2,1-5H3,(H,17,18,19). The number of aliphatic hydroxyl groups excluding tert-OH is 1. The van der Waals surface area contributed by atoms with Crippen LogP contribution in [0.15, 0.2) is 10.7 Å². The van der Waals surface area contributed by atoms with Crippen molar-refractivity contribution in [3.63, 3.8) is 0 Å². The Hall–Kier alpha value is -0.680. The van der Waals surface area contributed by atoms with Gasteiger partial charge in [-0.25, -0.2) is 9.97 Å². The fourth-order valence-electron chi connectivity index (χ4n) is 2.05. The average molecular weight is 344 g/mol. The Kier molecular flexibility index (Phi) is 6.40. The monoisotopic (exact) mass is 343 g/mol. The highest BCUT2D eigenvalue weighted by atomic mass is 79.9. The summed E-state index contributed by atoms with van der Waals surface area (Å²) in [5, 5.41) is 13.4. The van der Waals surface area contributed by atoms with Gasteiger partial charge in [0.05, 0.1) is 6.10 Å². The van der Waals surface area contributed by atoms with E-state index in [1.807, 2.05) is 6.07 Å². The molecule has 1 atom stereocenters. The first-order chi connectivity index (χ1) is 9.27. The maximum Gasteiger partial charge on any atom is 0.137 e. The topological polar surface area (TPSA) is 58.0 Å². The minimum Gasteiger partial charge on any atom is -0.391 e. The molecule has 1 heterocycles. The number of hydrogen-bond donors (Lipinski definition) is 2. The highest BCUT2D eigenvalue weighted by molar-refractivity contribution is 9.10. The second-order valence-corrected chi connectivity index (χ2v) is 6.99. The molecule has 0 aliphatic carbocycles. The van der Waals surface area contributed by atoms with E-state index >= 15 is 0 Å². The molecule has 20 heavy (non-hydrogen) atoms. The van der Waals surface area contributed by atoms with Crippen LogP contribution in [0.25, 0.3) is 0 Å². The van der Waals surface area contributed by atoms with E-state index in [9.17, 15) is 5.11 Å². The maximum absolute atomic E-state index is 10.2. The van der Waals surface area contributed by atoms with Gasteiger partial charge in [-0.3, -0.25) is 0 Å². The molecule has 0 saturated carbocycles. The number of aromatic nitrogens is 2. The third-order valence-corrected chi connectivity index (χ3v) is 3.86. The van der Waals surface area contributed by atoms with Gasteiger partial charge in [-0.2, -0.15) is 0 Å². The van der Waals surface area contributed by atoms with E-state index < -0.39 is 0 Å². The molecule has 4 nitrogen and oxygen atoms in total. The smallest absolute Gasteiger partial charge is 0.137 e. The number of halogens is 1. The van der Waals surface area contributed by atoms with E-state index in [0.717, 1.165) is 29.1 Å². The Morgan fingerprint density at radius 3 is 2.35 bits per heavy atom. The molecule has 1 unspecified atom stereocenters. The van der Waals surface area contributed by atoms with Crippen molar-refractivity contribution < 1.29 is 5.11 Å². The van der Waals surface area contributed by atoms with Crippen LogP contribution in [-0.4, -0.2) is 27.7 Å². The highest BCUT2D eigenvalue weighted by Crippen LogP contribution is 2.22. The van der Waals surface area contributed by atoms with Crippen LogP contribution in [0.3, 0.4) is 0 Å². The molecule has 1 aromatic rings. The zero-order valence-corrected chi connectivity index (χ0v) is 14.7. The SMILES string of the molecule is CCC(CC)C(O)CNc1cc(Br)nc(C(C)(C)C)n1. The third-order valence-electron chi connectivity index (χ3n) is 3.45. The molecule has 0 amide bonds. The van der Waals surface area contributed by atoms with Crippen LogP contribution in [0.4, 0.5) is 5.82 Å². The van der Waals surface area contributed by atoms with E-state index in [1.54, 1.807) is 0 Å². The molecule has 0 spiro atoms. The summed E-state index contributed by atoms with van der Waals surface area (Å²) >= 11 is 3.42. The lowest BCUT2D eigenvalue weighted by Gasteiger charge is -2.22. The Balaban J connectivity index is 2.76. The van der Waals surface area contributed by atoms with Gasteiger partial charge in [0, 0.05) is 18.0 Å². The molecule has 0 bridgehead atoms. The molecular weight excluding hydrogens is 318 g/mol. The van der Waals surface area contributed by atoms with Gasteiger partial charge in [0.1, 0.15) is 16.2 Å². The van der Waals surface area contributed by atoms with Crippen LogP contribution in [0, 0.1) is 5.92 Å². The first-order valence-electron chi connectivity index (χ1n) is 7.24. The van der Waals surface area contributed by atoms with Crippen LogP contribution < -0.4 is 5.32 Å². The minimum atomic E-state index is -0.350. The summed E-state index contributed by atoms with van der Waals surface area (Å²) in [5.41, 5.74) is -0.103. The van der Waals surface area contributed by atoms with Crippen LogP contribution in [0.5, 0.6) is 0 Å². The first kappa shape index (κ1) is 17.4. The summed E-state index contributed by atoms with van der Waals surface area (Å²) in [7, 11) is 0. The number of hydrogen-bond acceptors (Lipinski definition) is 4. The fraction of sp³-hybridized carbons (Fsp3) is 0.733. The summed E-state index contributed by atoms with van der Waals surface area (Å²) in [6, 6.07) is 1.84. The van der Waals surface area contributed by atoms with Crippen molar-refractivity contribution in [1.29, 1.82) is 0 Å². The lowest BCUT2D eigenvalue weighted by molar-refractivity contribution is 0.114. The van der Waals surface area contributed by atoms with Crippen molar-refractivity contribution in [2.24, 2.45) is 5.92 Å². The highest BCUT2D eigenvalue weighted by Gasteiger charge is 2.19. The molecule has 0 radical (unpaired) electrons. The van der Waals surface area contributed by atoms with E-state index in [0.29, 0.717) is 12.5 Å². The Morgan fingerprint density at radius 2 is 1.85 bits per heavy atom. The first-order valence-corrected chi connectivity index (χ1v) is 8.04. The van der Waals surface area contributed by atoms with Gasteiger partial charge in [0.25, 0.3) is 0 Å². The van der Waals surface area contributed by atoms with Crippen LogP contribution >= 0.6 is 15.9 Å². The zero-order chi connectivity index (χ0) is 15.3. The summed E-state index contributed by atoms with van der Waals surface area (Å²) in [6.07, 6.45) is 1.62.